The molecule has 0 aromatic carbocycles. The zero-order valence-electron chi connectivity index (χ0n) is 22.0. The van der Waals surface area contributed by atoms with Crippen molar-refractivity contribution in [2.24, 2.45) is 56.7 Å². The van der Waals surface area contributed by atoms with Crippen LogP contribution in [0, 0.1) is 68.0 Å². The van der Waals surface area contributed by atoms with Crippen molar-refractivity contribution in [3.05, 3.63) is 11.6 Å². The van der Waals surface area contributed by atoms with Crippen molar-refractivity contribution in [2.45, 2.75) is 92.9 Å². The maximum atomic E-state index is 14.2. The Morgan fingerprint density at radius 1 is 1.00 bits per heavy atom. The highest BCUT2D eigenvalue weighted by Gasteiger charge is 2.71. The van der Waals surface area contributed by atoms with Gasteiger partial charge in [-0.25, -0.2) is 0 Å². The normalized spacial score (nSPS) is 51.8. The van der Waals surface area contributed by atoms with Crippen LogP contribution >= 0.6 is 0 Å². The lowest BCUT2D eigenvalue weighted by atomic mass is 9.32. The number of Topliss-reactive ketones (excluding diaryl/α,β-unsaturated/α-hetero) is 2. The zero-order valence-corrected chi connectivity index (χ0v) is 22.0. The van der Waals surface area contributed by atoms with Gasteiger partial charge in [0.2, 0.25) is 0 Å². The van der Waals surface area contributed by atoms with Crippen LogP contribution in [-0.2, 0) is 9.59 Å². The second-order valence-corrected chi connectivity index (χ2v) is 14.4. The summed E-state index contributed by atoms with van der Waals surface area (Å²) in [6, 6.07) is 2.19. The first-order chi connectivity index (χ1) is 15.8. The van der Waals surface area contributed by atoms with Crippen molar-refractivity contribution < 1.29 is 14.7 Å². The molecule has 0 radical (unpaired) electrons. The van der Waals surface area contributed by atoms with Crippen LogP contribution in [0.2, 0.25) is 0 Å². The lowest BCUT2D eigenvalue weighted by molar-refractivity contribution is -0.223. The Hall–Kier alpha value is -1.47. The van der Waals surface area contributed by atoms with Crippen LogP contribution < -0.4 is 0 Å². The smallest absolute Gasteiger partial charge is 0.176 e. The number of hydrogen-bond donors (Lipinski definition) is 1. The fraction of sp³-hybridized carbons (Fsp3) is 0.833. The van der Waals surface area contributed by atoms with Crippen molar-refractivity contribution in [1.29, 1.82) is 5.26 Å². The molecule has 0 bridgehead atoms. The van der Waals surface area contributed by atoms with Crippen molar-refractivity contribution in [3.63, 3.8) is 0 Å². The van der Waals surface area contributed by atoms with E-state index >= 15 is 0 Å². The molecule has 0 heterocycles. The first kappa shape index (κ1) is 24.2. The van der Waals surface area contributed by atoms with Gasteiger partial charge in [-0.2, -0.15) is 5.26 Å². The number of hydrogen-bond acceptors (Lipinski definition) is 4. The lowest BCUT2D eigenvalue weighted by Gasteiger charge is -2.71. The van der Waals surface area contributed by atoms with Crippen LogP contribution in [0.15, 0.2) is 11.6 Å². The average molecular weight is 466 g/mol. The number of carbonyl (C=O) groups is 2. The standard InChI is InChI=1S/C30H43NO3/c1-18-20-7-8-28(5)23(27(20,4)14-19(16-31)25(18)34)13-22(33)24-21-15-26(2,3)9-11-30(21,17-32)12-10-29(24,28)6/h14,18,20-21,23-24,32H,7-13,15,17H2,1-6H3/t18-,20?,21?,23?,24?,27-,28+,29+,30+/m0/s1. The molecule has 4 unspecified atom stereocenters. The van der Waals surface area contributed by atoms with Crippen molar-refractivity contribution in [2.75, 3.05) is 6.61 Å². The summed E-state index contributed by atoms with van der Waals surface area (Å²) in [5.41, 5.74) is -0.0778. The van der Waals surface area contributed by atoms with Gasteiger partial charge < -0.3 is 5.11 Å². The number of nitriles is 1. The Balaban J connectivity index is 1.62. The fourth-order valence-corrected chi connectivity index (χ4v) is 10.3. The molecule has 34 heavy (non-hydrogen) atoms. The summed E-state index contributed by atoms with van der Waals surface area (Å²) in [6.45, 7) is 13.9. The maximum absolute atomic E-state index is 14.2. The number of allylic oxidation sites excluding steroid dienone is 2. The van der Waals surface area contributed by atoms with Crippen LogP contribution in [0.1, 0.15) is 92.9 Å². The van der Waals surface area contributed by atoms with Crippen LogP contribution in [-0.4, -0.2) is 23.3 Å². The monoisotopic (exact) mass is 465 g/mol. The molecule has 5 aliphatic rings. The van der Waals surface area contributed by atoms with Gasteiger partial charge in [0.25, 0.3) is 0 Å². The largest absolute Gasteiger partial charge is 0.396 e. The lowest BCUT2D eigenvalue weighted by Crippen LogP contribution is -2.68. The highest BCUT2D eigenvalue weighted by molar-refractivity contribution is 6.01. The molecule has 0 aliphatic heterocycles. The summed E-state index contributed by atoms with van der Waals surface area (Å²) in [4.78, 5) is 27.1. The maximum Gasteiger partial charge on any atom is 0.176 e. The van der Waals surface area contributed by atoms with Crippen LogP contribution in [0.3, 0.4) is 0 Å². The molecule has 5 aliphatic carbocycles. The van der Waals surface area contributed by atoms with Crippen molar-refractivity contribution >= 4 is 11.6 Å². The van der Waals surface area contributed by atoms with E-state index in [1.54, 1.807) is 0 Å². The number of nitrogens with zero attached hydrogens (tertiary/aromatic N) is 1. The van der Waals surface area contributed by atoms with Gasteiger partial charge in [-0.1, -0.05) is 47.6 Å². The van der Waals surface area contributed by atoms with E-state index in [9.17, 15) is 20.0 Å². The number of ketones is 2. The Labute approximate surface area is 205 Å². The summed E-state index contributed by atoms with van der Waals surface area (Å²) in [5.74, 6) is 0.770. The topological polar surface area (TPSA) is 78.2 Å². The number of carbonyl (C=O) groups excluding carboxylic acids is 2. The van der Waals surface area contributed by atoms with E-state index in [0.717, 1.165) is 44.9 Å². The van der Waals surface area contributed by atoms with Gasteiger partial charge in [-0.3, -0.25) is 9.59 Å². The first-order valence-electron chi connectivity index (χ1n) is 13.6. The Bertz CT molecular complexity index is 1010. The quantitative estimate of drug-likeness (QED) is 0.524. The highest BCUT2D eigenvalue weighted by Crippen LogP contribution is 2.75. The molecule has 4 fully saturated rings. The highest BCUT2D eigenvalue weighted by atomic mass is 16.3. The summed E-state index contributed by atoms with van der Waals surface area (Å²) >= 11 is 0. The van der Waals surface area contributed by atoms with E-state index in [0.29, 0.717) is 17.8 Å². The molecule has 4 heteroatoms. The van der Waals surface area contributed by atoms with E-state index in [4.69, 9.17) is 0 Å². The van der Waals surface area contributed by atoms with Gasteiger partial charge >= 0.3 is 0 Å². The number of fused-ring (bicyclic) bond motifs is 7. The minimum absolute atomic E-state index is 0.00330. The van der Waals surface area contributed by atoms with E-state index in [-0.39, 0.29) is 69.1 Å². The van der Waals surface area contributed by atoms with Gasteiger partial charge in [-0.05, 0) is 89.8 Å². The van der Waals surface area contributed by atoms with E-state index in [2.05, 4.69) is 40.7 Å². The SMILES string of the molecule is C[C@@H]1C(=O)C(C#N)=C[C@@]2(C)C1CC[C@]1(C)C2CC(=O)C2C3CC(C)(C)CC[C@]3(CO)CC[C@]21C. The molecule has 0 spiro atoms. The zero-order chi connectivity index (χ0) is 24.9. The average Bonchev–Trinajstić information content (AvgIpc) is 2.77. The molecule has 1 N–H and O–H groups in total. The Morgan fingerprint density at radius 3 is 2.32 bits per heavy atom. The third-order valence-electron chi connectivity index (χ3n) is 12.6. The molecule has 9 atom stereocenters. The van der Waals surface area contributed by atoms with Crippen molar-refractivity contribution in [3.8, 4) is 6.07 Å². The second kappa shape index (κ2) is 7.28. The van der Waals surface area contributed by atoms with Gasteiger partial charge in [0.05, 0.1) is 5.57 Å². The van der Waals surface area contributed by atoms with E-state index in [1.807, 2.05) is 13.0 Å². The molecular weight excluding hydrogens is 422 g/mol. The predicted octanol–water partition coefficient (Wildman–Crippen LogP) is 5.89. The van der Waals surface area contributed by atoms with Crippen LogP contribution in [0.25, 0.3) is 0 Å². The fourth-order valence-electron chi connectivity index (χ4n) is 10.3. The predicted molar refractivity (Wildman–Crippen MR) is 131 cm³/mol. The molecular formula is C30H43NO3. The third-order valence-corrected chi connectivity index (χ3v) is 12.6. The first-order valence-corrected chi connectivity index (χ1v) is 13.6. The van der Waals surface area contributed by atoms with Crippen LogP contribution in [0.5, 0.6) is 0 Å². The van der Waals surface area contributed by atoms with Crippen LogP contribution in [0.4, 0.5) is 0 Å². The summed E-state index contributed by atoms with van der Waals surface area (Å²) in [6.07, 6.45) is 9.67. The minimum atomic E-state index is -0.313. The number of rotatable bonds is 1. The summed E-state index contributed by atoms with van der Waals surface area (Å²) < 4.78 is 0. The minimum Gasteiger partial charge on any atom is -0.396 e. The van der Waals surface area contributed by atoms with Gasteiger partial charge in [0.1, 0.15) is 11.9 Å². The van der Waals surface area contributed by atoms with E-state index in [1.165, 1.54) is 0 Å². The summed E-state index contributed by atoms with van der Waals surface area (Å²) in [7, 11) is 0. The van der Waals surface area contributed by atoms with Gasteiger partial charge in [-0.15, -0.1) is 0 Å². The second-order valence-electron chi connectivity index (χ2n) is 14.4. The molecule has 0 aromatic heterocycles. The van der Waals surface area contributed by atoms with Gasteiger partial charge in [0, 0.05) is 24.9 Å². The Morgan fingerprint density at radius 2 is 1.68 bits per heavy atom. The Kier molecular flexibility index (Phi) is 5.19. The molecule has 0 aromatic rings. The third kappa shape index (κ3) is 2.86. The van der Waals surface area contributed by atoms with Gasteiger partial charge in [0.15, 0.2) is 5.78 Å². The molecule has 0 saturated heterocycles. The molecule has 4 saturated carbocycles. The number of aliphatic hydroxyl groups excluding tert-OH is 1. The molecule has 4 nitrogen and oxygen atoms in total. The van der Waals surface area contributed by atoms with E-state index < -0.39 is 0 Å². The number of aliphatic hydroxyl groups is 1. The van der Waals surface area contributed by atoms with Crippen molar-refractivity contribution in [1.82, 2.24) is 0 Å². The summed E-state index contributed by atoms with van der Waals surface area (Å²) in [5, 5.41) is 20.4. The molecule has 0 amide bonds. The molecule has 186 valence electrons. The molecule has 5 rings (SSSR count).